The van der Waals surface area contributed by atoms with Crippen LogP contribution in [0.1, 0.15) is 54.9 Å². The molecule has 0 aliphatic heterocycles. The minimum absolute atomic E-state index is 0.00743. The lowest BCUT2D eigenvalue weighted by molar-refractivity contribution is 0.00755. The maximum atomic E-state index is 11.9. The van der Waals surface area contributed by atoms with Gasteiger partial charge in [0.25, 0.3) is 0 Å². The number of benzene rings is 1. The summed E-state index contributed by atoms with van der Waals surface area (Å²) in [5.41, 5.74) is 1.35. The number of hydrogen-bond acceptors (Lipinski definition) is 3. The Balaban J connectivity index is 1.89. The van der Waals surface area contributed by atoms with Gasteiger partial charge in [-0.2, -0.15) is 0 Å². The van der Waals surface area contributed by atoms with Crippen molar-refractivity contribution in [3.63, 3.8) is 0 Å². The molecule has 1 fully saturated rings. The van der Waals surface area contributed by atoms with Gasteiger partial charge in [0.1, 0.15) is 0 Å². The number of hydrogen-bond donors (Lipinski definition) is 3. The molecule has 5 nitrogen and oxygen atoms in total. The molecular weight excluding hydrogens is 280 g/mol. The summed E-state index contributed by atoms with van der Waals surface area (Å²) in [5.74, 6) is 0.00743. The molecule has 0 unspecified atom stereocenters. The fraction of sp³-hybridized carbons (Fsp3) is 0.529. The number of anilines is 1. The van der Waals surface area contributed by atoms with Gasteiger partial charge in [-0.3, -0.25) is 4.79 Å². The molecule has 1 aromatic rings. The van der Waals surface area contributed by atoms with Gasteiger partial charge < -0.3 is 15.7 Å². The largest absolute Gasteiger partial charge is 0.388 e. The Morgan fingerprint density at radius 3 is 2.50 bits per heavy atom. The molecule has 0 aromatic heterocycles. The highest BCUT2D eigenvalue weighted by Gasteiger charge is 2.29. The zero-order chi connectivity index (χ0) is 16.2. The lowest BCUT2D eigenvalue weighted by atomic mass is 9.85. The molecule has 1 saturated carbocycles. The normalized spacial score (nSPS) is 16.9. The number of aliphatic hydroxyl groups is 1. The Hall–Kier alpha value is -1.88. The second-order valence-electron chi connectivity index (χ2n) is 6.18. The molecule has 5 heteroatoms. The predicted octanol–water partition coefficient (Wildman–Crippen LogP) is 3.01. The predicted molar refractivity (Wildman–Crippen MR) is 86.2 cm³/mol. The molecule has 1 aliphatic rings. The van der Waals surface area contributed by atoms with Crippen molar-refractivity contribution < 1.29 is 14.7 Å². The maximum absolute atomic E-state index is 11.9. The second-order valence-corrected chi connectivity index (χ2v) is 6.18. The van der Waals surface area contributed by atoms with Crippen LogP contribution < -0.4 is 10.6 Å². The molecule has 2 amide bonds. The van der Waals surface area contributed by atoms with E-state index >= 15 is 0 Å². The van der Waals surface area contributed by atoms with Gasteiger partial charge in [0.05, 0.1) is 5.60 Å². The van der Waals surface area contributed by atoms with Crippen LogP contribution in [-0.4, -0.2) is 29.1 Å². The number of nitrogens with one attached hydrogen (secondary N) is 2. The molecule has 0 saturated heterocycles. The molecular formula is C17H24N2O3. The average Bonchev–Trinajstić information content (AvgIpc) is 2.46. The number of carbonyl (C=O) groups is 2. The van der Waals surface area contributed by atoms with Crippen LogP contribution in [-0.2, 0) is 0 Å². The van der Waals surface area contributed by atoms with Crippen LogP contribution in [0.3, 0.4) is 0 Å². The van der Waals surface area contributed by atoms with Crippen molar-refractivity contribution in [1.82, 2.24) is 5.32 Å². The average molecular weight is 304 g/mol. The van der Waals surface area contributed by atoms with Crippen molar-refractivity contribution in [1.29, 1.82) is 0 Å². The molecule has 0 heterocycles. The number of Topliss-reactive ketones (excluding diaryl/α,β-unsaturated/α-hetero) is 1. The van der Waals surface area contributed by atoms with E-state index < -0.39 is 5.60 Å². The summed E-state index contributed by atoms with van der Waals surface area (Å²) in [7, 11) is 0. The molecule has 0 radical (unpaired) electrons. The number of amides is 2. The quantitative estimate of drug-likeness (QED) is 0.748. The van der Waals surface area contributed by atoms with E-state index in [0.717, 1.165) is 37.7 Å². The van der Waals surface area contributed by atoms with E-state index in [-0.39, 0.29) is 18.4 Å². The van der Waals surface area contributed by atoms with E-state index in [2.05, 4.69) is 10.6 Å². The third kappa shape index (κ3) is 4.31. The van der Waals surface area contributed by atoms with Gasteiger partial charge in [-0.05, 0) is 50.5 Å². The van der Waals surface area contributed by atoms with E-state index in [1.54, 1.807) is 18.2 Å². The Morgan fingerprint density at radius 1 is 1.23 bits per heavy atom. The van der Waals surface area contributed by atoms with Crippen molar-refractivity contribution in [2.45, 2.75) is 51.6 Å². The number of carbonyl (C=O) groups excluding carboxylic acids is 2. The second kappa shape index (κ2) is 6.92. The van der Waals surface area contributed by atoms with Gasteiger partial charge >= 0.3 is 6.03 Å². The van der Waals surface area contributed by atoms with Gasteiger partial charge in [-0.15, -0.1) is 0 Å². The number of urea groups is 1. The minimum atomic E-state index is -0.774. The fourth-order valence-corrected chi connectivity index (χ4v) is 2.94. The van der Waals surface area contributed by atoms with Crippen molar-refractivity contribution in [3.8, 4) is 0 Å². The van der Waals surface area contributed by atoms with Crippen LogP contribution in [0.25, 0.3) is 0 Å². The molecule has 2 rings (SSSR count). The third-order valence-corrected chi connectivity index (χ3v) is 4.23. The van der Waals surface area contributed by atoms with Crippen LogP contribution in [0.2, 0.25) is 0 Å². The summed E-state index contributed by atoms with van der Waals surface area (Å²) in [5, 5.41) is 15.8. The highest BCUT2D eigenvalue weighted by molar-refractivity contribution is 5.96. The molecule has 0 bridgehead atoms. The zero-order valence-electron chi connectivity index (χ0n) is 13.2. The van der Waals surface area contributed by atoms with Crippen molar-refractivity contribution >= 4 is 17.5 Å². The van der Waals surface area contributed by atoms with Crippen LogP contribution in [0.15, 0.2) is 18.2 Å². The summed E-state index contributed by atoms with van der Waals surface area (Å²) >= 11 is 0. The zero-order valence-corrected chi connectivity index (χ0v) is 13.2. The van der Waals surface area contributed by atoms with E-state index in [0.29, 0.717) is 11.3 Å². The molecule has 3 N–H and O–H groups in total. The van der Waals surface area contributed by atoms with Gasteiger partial charge in [-0.1, -0.05) is 19.3 Å². The fourth-order valence-electron chi connectivity index (χ4n) is 2.94. The Labute approximate surface area is 131 Å². The SMILES string of the molecule is CC(=O)c1ccc(NC(=O)NCC2(O)CCCCC2)cc1C. The minimum Gasteiger partial charge on any atom is -0.388 e. The summed E-state index contributed by atoms with van der Waals surface area (Å²) < 4.78 is 0. The lowest BCUT2D eigenvalue weighted by Gasteiger charge is -2.32. The third-order valence-electron chi connectivity index (χ3n) is 4.23. The number of rotatable bonds is 4. The highest BCUT2D eigenvalue weighted by atomic mass is 16.3. The van der Waals surface area contributed by atoms with Crippen LogP contribution in [0, 0.1) is 6.92 Å². The first kappa shape index (κ1) is 16.5. The summed E-state index contributed by atoms with van der Waals surface area (Å²) in [6.07, 6.45) is 4.63. The molecule has 0 atom stereocenters. The Bertz CT molecular complexity index is 563. The van der Waals surface area contributed by atoms with Crippen LogP contribution in [0.4, 0.5) is 10.5 Å². The van der Waals surface area contributed by atoms with Gasteiger partial charge in [0.2, 0.25) is 0 Å². The first-order chi connectivity index (χ1) is 10.4. The van der Waals surface area contributed by atoms with Gasteiger partial charge in [0, 0.05) is 17.8 Å². The van der Waals surface area contributed by atoms with E-state index in [1.807, 2.05) is 6.92 Å². The summed E-state index contributed by atoms with van der Waals surface area (Å²) in [6, 6.07) is 4.85. The standard InChI is InChI=1S/C17H24N2O3/c1-12-10-14(6-7-15(12)13(2)20)19-16(21)18-11-17(22)8-4-3-5-9-17/h6-7,10,22H,3-5,8-9,11H2,1-2H3,(H2,18,19,21). The van der Waals surface area contributed by atoms with Crippen molar-refractivity contribution in [2.75, 3.05) is 11.9 Å². The first-order valence-electron chi connectivity index (χ1n) is 7.78. The van der Waals surface area contributed by atoms with Gasteiger partial charge in [-0.25, -0.2) is 4.79 Å². The number of ketones is 1. The van der Waals surface area contributed by atoms with Crippen LogP contribution in [0.5, 0.6) is 0 Å². The van der Waals surface area contributed by atoms with Crippen molar-refractivity contribution in [2.24, 2.45) is 0 Å². The topological polar surface area (TPSA) is 78.4 Å². The maximum Gasteiger partial charge on any atom is 0.319 e. The smallest absolute Gasteiger partial charge is 0.319 e. The lowest BCUT2D eigenvalue weighted by Crippen LogP contribution is -2.45. The Morgan fingerprint density at radius 2 is 1.91 bits per heavy atom. The number of aryl methyl sites for hydroxylation is 1. The van der Waals surface area contributed by atoms with E-state index in [9.17, 15) is 14.7 Å². The monoisotopic (exact) mass is 304 g/mol. The summed E-state index contributed by atoms with van der Waals surface area (Å²) in [4.78, 5) is 23.3. The van der Waals surface area contributed by atoms with Gasteiger partial charge in [0.15, 0.2) is 5.78 Å². The molecule has 1 aromatic carbocycles. The van der Waals surface area contributed by atoms with Crippen molar-refractivity contribution in [3.05, 3.63) is 29.3 Å². The summed E-state index contributed by atoms with van der Waals surface area (Å²) in [6.45, 7) is 3.63. The molecule has 22 heavy (non-hydrogen) atoms. The van der Waals surface area contributed by atoms with E-state index in [1.165, 1.54) is 6.92 Å². The van der Waals surface area contributed by atoms with E-state index in [4.69, 9.17) is 0 Å². The highest BCUT2D eigenvalue weighted by Crippen LogP contribution is 2.27. The molecule has 120 valence electrons. The first-order valence-corrected chi connectivity index (χ1v) is 7.78. The molecule has 1 aliphatic carbocycles. The molecule has 0 spiro atoms. The Kier molecular flexibility index (Phi) is 5.19. The van der Waals surface area contributed by atoms with Crippen LogP contribution >= 0.6 is 0 Å².